The highest BCUT2D eigenvalue weighted by Gasteiger charge is 1.99. The Labute approximate surface area is 96.5 Å². The molecular formula is C9H11BrClN3. The number of benzene rings is 1. The van der Waals surface area contributed by atoms with E-state index in [1.54, 1.807) is 6.07 Å². The highest BCUT2D eigenvalue weighted by molar-refractivity contribution is 9.10. The zero-order chi connectivity index (χ0) is 10.6. The summed E-state index contributed by atoms with van der Waals surface area (Å²) >= 11 is 9.21. The molecule has 0 spiro atoms. The lowest BCUT2D eigenvalue weighted by Crippen LogP contribution is -2.22. The largest absolute Gasteiger partial charge is 0.370 e. The molecule has 3 N–H and O–H groups in total. The van der Waals surface area contributed by atoms with Gasteiger partial charge in [-0.3, -0.25) is 4.99 Å². The molecule has 0 radical (unpaired) electrons. The van der Waals surface area contributed by atoms with Gasteiger partial charge in [0, 0.05) is 16.7 Å². The standard InChI is InChI=1S/C9H11BrClN3/c1-2-13-9(12)14-6-3-4-7(10)8(11)5-6/h3-5H,2H2,1H3,(H3,12,13,14). The quantitative estimate of drug-likeness (QED) is 0.644. The number of rotatable bonds is 2. The molecule has 0 amide bonds. The maximum atomic E-state index is 5.91. The van der Waals surface area contributed by atoms with E-state index in [9.17, 15) is 0 Å². The normalized spacial score (nSPS) is 11.5. The number of aliphatic imine (C=N–C) groups is 1. The molecule has 0 aromatic heterocycles. The van der Waals surface area contributed by atoms with E-state index < -0.39 is 0 Å². The van der Waals surface area contributed by atoms with Gasteiger partial charge in [-0.25, -0.2) is 0 Å². The summed E-state index contributed by atoms with van der Waals surface area (Å²) in [4.78, 5) is 4.00. The monoisotopic (exact) mass is 275 g/mol. The Bertz CT molecular complexity index is 352. The number of nitrogens with zero attached hydrogens (tertiary/aromatic N) is 1. The molecule has 0 aliphatic carbocycles. The molecule has 3 nitrogen and oxygen atoms in total. The van der Waals surface area contributed by atoms with Crippen LogP contribution in [0.25, 0.3) is 0 Å². The number of nitrogens with one attached hydrogen (secondary N) is 1. The number of halogens is 2. The van der Waals surface area contributed by atoms with Gasteiger partial charge < -0.3 is 11.1 Å². The van der Waals surface area contributed by atoms with E-state index in [1.165, 1.54) is 0 Å². The van der Waals surface area contributed by atoms with Gasteiger partial charge in [0.15, 0.2) is 5.96 Å². The minimum atomic E-state index is 0.394. The number of anilines is 1. The maximum Gasteiger partial charge on any atom is 0.193 e. The van der Waals surface area contributed by atoms with E-state index >= 15 is 0 Å². The van der Waals surface area contributed by atoms with Crippen molar-refractivity contribution in [3.05, 3.63) is 27.7 Å². The second kappa shape index (κ2) is 5.22. The average molecular weight is 277 g/mol. The van der Waals surface area contributed by atoms with Gasteiger partial charge in [-0.1, -0.05) is 11.6 Å². The molecule has 76 valence electrons. The first-order valence-corrected chi connectivity index (χ1v) is 5.32. The molecule has 14 heavy (non-hydrogen) atoms. The smallest absolute Gasteiger partial charge is 0.193 e. The third-order valence-corrected chi connectivity index (χ3v) is 2.75. The lowest BCUT2D eigenvalue weighted by Gasteiger charge is -2.05. The van der Waals surface area contributed by atoms with Crippen molar-refractivity contribution in [3.8, 4) is 0 Å². The minimum Gasteiger partial charge on any atom is -0.370 e. The van der Waals surface area contributed by atoms with Gasteiger partial charge in [0.2, 0.25) is 0 Å². The molecule has 0 aliphatic heterocycles. The highest BCUT2D eigenvalue weighted by Crippen LogP contribution is 2.25. The molecule has 0 fully saturated rings. The fourth-order valence-electron chi connectivity index (χ4n) is 0.932. The topological polar surface area (TPSA) is 50.4 Å². The molecule has 0 unspecified atom stereocenters. The Morgan fingerprint density at radius 1 is 1.64 bits per heavy atom. The molecule has 0 saturated carbocycles. The minimum absolute atomic E-state index is 0.394. The fraction of sp³-hybridized carbons (Fsp3) is 0.222. The van der Waals surface area contributed by atoms with E-state index in [0.29, 0.717) is 17.5 Å². The van der Waals surface area contributed by atoms with Crippen LogP contribution in [-0.4, -0.2) is 12.5 Å². The lowest BCUT2D eigenvalue weighted by molar-refractivity contribution is 1.12. The van der Waals surface area contributed by atoms with Gasteiger partial charge in [0.05, 0.1) is 5.02 Å². The average Bonchev–Trinajstić information content (AvgIpc) is 2.12. The maximum absolute atomic E-state index is 5.91. The van der Waals surface area contributed by atoms with Crippen LogP contribution >= 0.6 is 27.5 Å². The SMILES string of the molecule is CCN=C(N)Nc1ccc(Br)c(Cl)c1. The van der Waals surface area contributed by atoms with Crippen LogP contribution in [0.3, 0.4) is 0 Å². The lowest BCUT2D eigenvalue weighted by atomic mass is 10.3. The zero-order valence-corrected chi connectivity index (χ0v) is 10.1. The highest BCUT2D eigenvalue weighted by atomic mass is 79.9. The summed E-state index contributed by atoms with van der Waals surface area (Å²) in [7, 11) is 0. The van der Waals surface area contributed by atoms with E-state index in [1.807, 2.05) is 19.1 Å². The first-order valence-electron chi connectivity index (χ1n) is 4.15. The van der Waals surface area contributed by atoms with E-state index in [0.717, 1.165) is 10.2 Å². The van der Waals surface area contributed by atoms with Crippen LogP contribution in [0.15, 0.2) is 27.7 Å². The Morgan fingerprint density at radius 2 is 2.36 bits per heavy atom. The van der Waals surface area contributed by atoms with Crippen LogP contribution in [0.5, 0.6) is 0 Å². The summed E-state index contributed by atoms with van der Waals surface area (Å²) in [6.45, 7) is 2.58. The van der Waals surface area contributed by atoms with Crippen molar-refractivity contribution in [1.29, 1.82) is 0 Å². The summed E-state index contributed by atoms with van der Waals surface area (Å²) in [5.41, 5.74) is 6.42. The van der Waals surface area contributed by atoms with E-state index in [2.05, 4.69) is 26.2 Å². The van der Waals surface area contributed by atoms with Gasteiger partial charge in [0.1, 0.15) is 0 Å². The third-order valence-electron chi connectivity index (χ3n) is 1.52. The van der Waals surface area contributed by atoms with Gasteiger partial charge >= 0.3 is 0 Å². The summed E-state index contributed by atoms with van der Waals surface area (Å²) in [5, 5.41) is 3.57. The molecule has 1 aromatic carbocycles. The van der Waals surface area contributed by atoms with Gasteiger partial charge in [-0.05, 0) is 41.1 Å². The summed E-state index contributed by atoms with van der Waals surface area (Å²) < 4.78 is 0.857. The van der Waals surface area contributed by atoms with Crippen LogP contribution < -0.4 is 11.1 Å². The second-order valence-electron chi connectivity index (χ2n) is 2.61. The number of nitrogens with two attached hydrogens (primary N) is 1. The second-order valence-corrected chi connectivity index (χ2v) is 3.88. The predicted molar refractivity (Wildman–Crippen MR) is 64.9 cm³/mol. The van der Waals surface area contributed by atoms with Crippen LogP contribution in [0.4, 0.5) is 5.69 Å². The van der Waals surface area contributed by atoms with Gasteiger partial charge in [-0.15, -0.1) is 0 Å². The van der Waals surface area contributed by atoms with Crippen molar-refractivity contribution in [1.82, 2.24) is 0 Å². The molecule has 5 heteroatoms. The third kappa shape index (κ3) is 3.20. The van der Waals surface area contributed by atoms with Gasteiger partial charge in [-0.2, -0.15) is 0 Å². The number of hydrogen-bond acceptors (Lipinski definition) is 1. The Hall–Kier alpha value is -0.740. The van der Waals surface area contributed by atoms with Crippen molar-refractivity contribution >= 4 is 39.2 Å². The number of guanidine groups is 1. The Kier molecular flexibility index (Phi) is 4.22. The predicted octanol–water partition coefficient (Wildman–Crippen LogP) is 2.85. The summed E-state index contributed by atoms with van der Waals surface area (Å²) in [6, 6.07) is 5.50. The van der Waals surface area contributed by atoms with E-state index in [-0.39, 0.29) is 0 Å². The van der Waals surface area contributed by atoms with Crippen molar-refractivity contribution in [2.75, 3.05) is 11.9 Å². The molecule has 0 aliphatic rings. The molecule has 1 aromatic rings. The Morgan fingerprint density at radius 3 is 2.93 bits per heavy atom. The molecule has 0 saturated heterocycles. The van der Waals surface area contributed by atoms with Crippen LogP contribution in [0.1, 0.15) is 6.92 Å². The Balaban J connectivity index is 2.78. The zero-order valence-electron chi connectivity index (χ0n) is 7.72. The summed E-state index contributed by atoms with van der Waals surface area (Å²) in [5.74, 6) is 0.394. The van der Waals surface area contributed by atoms with Crippen molar-refractivity contribution < 1.29 is 0 Å². The first-order chi connectivity index (χ1) is 6.63. The van der Waals surface area contributed by atoms with Crippen molar-refractivity contribution in [2.45, 2.75) is 6.92 Å². The van der Waals surface area contributed by atoms with Crippen LogP contribution in [0.2, 0.25) is 5.02 Å². The molecule has 0 heterocycles. The number of hydrogen-bond donors (Lipinski definition) is 2. The summed E-state index contributed by atoms with van der Waals surface area (Å²) in [6.07, 6.45) is 0. The van der Waals surface area contributed by atoms with Crippen LogP contribution in [-0.2, 0) is 0 Å². The van der Waals surface area contributed by atoms with Crippen molar-refractivity contribution in [2.24, 2.45) is 10.7 Å². The van der Waals surface area contributed by atoms with Crippen molar-refractivity contribution in [3.63, 3.8) is 0 Å². The molecular weight excluding hydrogens is 265 g/mol. The fourth-order valence-corrected chi connectivity index (χ4v) is 1.36. The first kappa shape index (κ1) is 11.3. The molecule has 0 atom stereocenters. The molecule has 0 bridgehead atoms. The van der Waals surface area contributed by atoms with Crippen LogP contribution in [0, 0.1) is 0 Å². The molecule has 1 rings (SSSR count). The van der Waals surface area contributed by atoms with E-state index in [4.69, 9.17) is 17.3 Å². The van der Waals surface area contributed by atoms with Gasteiger partial charge in [0.25, 0.3) is 0 Å².